The monoisotopic (exact) mass is 399 g/mol. The SMILES string of the molecule is NC(=O)c1ccc(SCC(=O)Nc2cc(Cl)ccc2Cl)c([N+](=O)[O-])c1. The molecule has 0 radical (unpaired) electrons. The summed E-state index contributed by atoms with van der Waals surface area (Å²) in [4.78, 5) is 33.9. The van der Waals surface area contributed by atoms with E-state index in [4.69, 9.17) is 28.9 Å². The fraction of sp³-hybridized carbons (Fsp3) is 0.0667. The second kappa shape index (κ2) is 8.19. The molecule has 0 aliphatic rings. The normalized spacial score (nSPS) is 10.3. The maximum Gasteiger partial charge on any atom is 0.283 e. The number of primary amides is 1. The number of amides is 2. The van der Waals surface area contributed by atoms with Crippen LogP contribution >= 0.6 is 35.0 Å². The van der Waals surface area contributed by atoms with E-state index in [2.05, 4.69) is 5.32 Å². The van der Waals surface area contributed by atoms with Crippen LogP contribution in [0.5, 0.6) is 0 Å². The number of carbonyl (C=O) groups is 2. The molecule has 2 aromatic rings. The average Bonchev–Trinajstić information content (AvgIpc) is 2.56. The van der Waals surface area contributed by atoms with Crippen LogP contribution in [0.3, 0.4) is 0 Å². The zero-order valence-electron chi connectivity index (χ0n) is 12.5. The Labute approximate surface area is 156 Å². The molecule has 0 spiro atoms. The number of rotatable bonds is 6. The van der Waals surface area contributed by atoms with Gasteiger partial charge in [0.2, 0.25) is 11.8 Å². The topological polar surface area (TPSA) is 115 Å². The first-order valence-corrected chi connectivity index (χ1v) is 8.48. The fourth-order valence-electron chi connectivity index (χ4n) is 1.86. The Morgan fingerprint density at radius 2 is 1.92 bits per heavy atom. The van der Waals surface area contributed by atoms with E-state index in [1.807, 2.05) is 0 Å². The molecule has 0 unspecified atom stereocenters. The third-order valence-electron chi connectivity index (χ3n) is 3.00. The van der Waals surface area contributed by atoms with Gasteiger partial charge >= 0.3 is 0 Å². The Morgan fingerprint density at radius 1 is 1.20 bits per heavy atom. The molecule has 130 valence electrons. The van der Waals surface area contributed by atoms with Gasteiger partial charge in [0.25, 0.3) is 5.69 Å². The number of nitrogens with two attached hydrogens (primary N) is 1. The van der Waals surface area contributed by atoms with Crippen molar-refractivity contribution < 1.29 is 14.5 Å². The lowest BCUT2D eigenvalue weighted by Gasteiger charge is -2.08. The Balaban J connectivity index is 2.10. The van der Waals surface area contributed by atoms with Gasteiger partial charge in [-0.15, -0.1) is 11.8 Å². The summed E-state index contributed by atoms with van der Waals surface area (Å²) in [6.07, 6.45) is 0. The Morgan fingerprint density at radius 3 is 2.56 bits per heavy atom. The Hall–Kier alpha value is -2.29. The lowest BCUT2D eigenvalue weighted by Crippen LogP contribution is -2.14. The summed E-state index contributed by atoms with van der Waals surface area (Å²) in [5, 5.41) is 14.4. The minimum atomic E-state index is -0.770. The predicted octanol–water partition coefficient (Wildman–Crippen LogP) is 3.73. The van der Waals surface area contributed by atoms with Crippen LogP contribution in [0.15, 0.2) is 41.3 Å². The molecular weight excluding hydrogens is 389 g/mol. The fourth-order valence-corrected chi connectivity index (χ4v) is 3.00. The van der Waals surface area contributed by atoms with E-state index < -0.39 is 16.7 Å². The summed E-state index contributed by atoms with van der Waals surface area (Å²) in [5.41, 5.74) is 5.18. The minimum Gasteiger partial charge on any atom is -0.366 e. The predicted molar refractivity (Wildman–Crippen MR) is 97.4 cm³/mol. The molecule has 0 saturated carbocycles. The number of nitrogens with one attached hydrogen (secondary N) is 1. The summed E-state index contributed by atoms with van der Waals surface area (Å²) in [6, 6.07) is 8.44. The molecule has 0 aliphatic heterocycles. The van der Waals surface area contributed by atoms with Crippen LogP contribution in [0.25, 0.3) is 0 Å². The third kappa shape index (κ3) is 5.09. The van der Waals surface area contributed by atoms with E-state index >= 15 is 0 Å². The maximum atomic E-state index is 12.0. The van der Waals surface area contributed by atoms with Crippen LogP contribution in [-0.4, -0.2) is 22.5 Å². The maximum absolute atomic E-state index is 12.0. The van der Waals surface area contributed by atoms with Gasteiger partial charge in [-0.25, -0.2) is 0 Å². The zero-order valence-corrected chi connectivity index (χ0v) is 14.8. The molecule has 0 heterocycles. The van der Waals surface area contributed by atoms with Gasteiger partial charge in [0, 0.05) is 16.7 Å². The molecule has 0 bridgehead atoms. The van der Waals surface area contributed by atoms with Gasteiger partial charge in [0.05, 0.1) is 26.3 Å². The molecule has 2 rings (SSSR count). The number of benzene rings is 2. The second-order valence-electron chi connectivity index (χ2n) is 4.76. The number of carbonyl (C=O) groups excluding carboxylic acids is 2. The molecule has 7 nitrogen and oxygen atoms in total. The average molecular weight is 400 g/mol. The Bertz CT molecular complexity index is 861. The van der Waals surface area contributed by atoms with Gasteiger partial charge in [-0.2, -0.15) is 0 Å². The second-order valence-corrected chi connectivity index (χ2v) is 6.63. The van der Waals surface area contributed by atoms with Crippen molar-refractivity contribution in [1.82, 2.24) is 0 Å². The number of nitro groups is 1. The molecule has 2 amide bonds. The molecule has 0 atom stereocenters. The Kier molecular flexibility index (Phi) is 6.24. The number of nitro benzene ring substituents is 1. The molecule has 0 aliphatic carbocycles. The number of thioether (sulfide) groups is 1. The van der Waals surface area contributed by atoms with E-state index in [-0.39, 0.29) is 21.9 Å². The highest BCUT2D eigenvalue weighted by Crippen LogP contribution is 2.31. The standard InChI is InChI=1S/C15H11Cl2N3O4S/c16-9-2-3-10(17)11(6-9)19-14(21)7-25-13-4-1-8(15(18)22)5-12(13)20(23)24/h1-6H,7H2,(H2,18,22)(H,19,21). The molecule has 3 N–H and O–H groups in total. The molecule has 10 heteroatoms. The van der Waals surface area contributed by atoms with Crippen molar-refractivity contribution in [2.45, 2.75) is 4.90 Å². The van der Waals surface area contributed by atoms with Crippen molar-refractivity contribution in [3.63, 3.8) is 0 Å². The van der Waals surface area contributed by atoms with Gasteiger partial charge < -0.3 is 11.1 Å². The first kappa shape index (κ1) is 19.0. The highest BCUT2D eigenvalue weighted by molar-refractivity contribution is 8.00. The summed E-state index contributed by atoms with van der Waals surface area (Å²) in [6.45, 7) is 0. The first-order chi connectivity index (χ1) is 11.8. The smallest absolute Gasteiger partial charge is 0.283 e. The lowest BCUT2D eigenvalue weighted by molar-refractivity contribution is -0.387. The summed E-state index contributed by atoms with van der Waals surface area (Å²) >= 11 is 12.8. The number of hydrogen-bond acceptors (Lipinski definition) is 5. The van der Waals surface area contributed by atoms with Crippen LogP contribution < -0.4 is 11.1 Å². The van der Waals surface area contributed by atoms with Gasteiger partial charge in [0.1, 0.15) is 0 Å². The van der Waals surface area contributed by atoms with Gasteiger partial charge in [-0.1, -0.05) is 23.2 Å². The summed E-state index contributed by atoms with van der Waals surface area (Å²) in [7, 11) is 0. The molecule has 0 fully saturated rings. The summed E-state index contributed by atoms with van der Waals surface area (Å²) in [5.74, 6) is -1.28. The van der Waals surface area contributed by atoms with Crippen LogP contribution in [0, 0.1) is 10.1 Å². The highest BCUT2D eigenvalue weighted by atomic mass is 35.5. The van der Waals surface area contributed by atoms with E-state index in [1.54, 1.807) is 12.1 Å². The molecule has 25 heavy (non-hydrogen) atoms. The van der Waals surface area contributed by atoms with E-state index in [1.165, 1.54) is 18.2 Å². The largest absolute Gasteiger partial charge is 0.366 e. The van der Waals surface area contributed by atoms with Crippen LogP contribution in [0.1, 0.15) is 10.4 Å². The van der Waals surface area contributed by atoms with Crippen molar-refractivity contribution >= 4 is 58.2 Å². The van der Waals surface area contributed by atoms with Crippen LogP contribution in [-0.2, 0) is 4.79 Å². The van der Waals surface area contributed by atoms with Crippen molar-refractivity contribution in [3.05, 3.63) is 62.1 Å². The zero-order chi connectivity index (χ0) is 18.6. The van der Waals surface area contributed by atoms with Crippen molar-refractivity contribution in [2.24, 2.45) is 5.73 Å². The van der Waals surface area contributed by atoms with E-state index in [9.17, 15) is 19.7 Å². The van der Waals surface area contributed by atoms with Crippen molar-refractivity contribution in [2.75, 3.05) is 11.1 Å². The quantitative estimate of drug-likeness (QED) is 0.436. The lowest BCUT2D eigenvalue weighted by atomic mass is 10.2. The van der Waals surface area contributed by atoms with Crippen molar-refractivity contribution in [3.8, 4) is 0 Å². The number of anilines is 1. The molecule has 0 saturated heterocycles. The molecular formula is C15H11Cl2N3O4S. The number of nitrogens with zero attached hydrogens (tertiary/aromatic N) is 1. The first-order valence-electron chi connectivity index (χ1n) is 6.74. The van der Waals surface area contributed by atoms with Crippen molar-refractivity contribution in [1.29, 1.82) is 0 Å². The van der Waals surface area contributed by atoms with E-state index in [0.717, 1.165) is 17.8 Å². The van der Waals surface area contributed by atoms with Gasteiger partial charge in [-0.3, -0.25) is 19.7 Å². The minimum absolute atomic E-state index is 0.0196. The number of halogens is 2. The highest BCUT2D eigenvalue weighted by Gasteiger charge is 2.18. The van der Waals surface area contributed by atoms with Gasteiger partial charge in [-0.05, 0) is 30.3 Å². The van der Waals surface area contributed by atoms with E-state index in [0.29, 0.717) is 15.7 Å². The number of hydrogen-bond donors (Lipinski definition) is 2. The van der Waals surface area contributed by atoms with Crippen LogP contribution in [0.4, 0.5) is 11.4 Å². The van der Waals surface area contributed by atoms with Crippen LogP contribution in [0.2, 0.25) is 10.0 Å². The molecule has 2 aromatic carbocycles. The molecule has 0 aromatic heterocycles. The summed E-state index contributed by atoms with van der Waals surface area (Å²) < 4.78 is 0. The van der Waals surface area contributed by atoms with Gasteiger partial charge in [0.15, 0.2) is 0 Å². The third-order valence-corrected chi connectivity index (χ3v) is 4.63.